The van der Waals surface area contributed by atoms with Crippen molar-refractivity contribution in [2.75, 3.05) is 44.2 Å². The second-order valence-electron chi connectivity index (χ2n) is 7.12. The zero-order chi connectivity index (χ0) is 17.3. The third-order valence-corrected chi connectivity index (χ3v) is 5.42. The molecule has 26 heavy (non-hydrogen) atoms. The number of rotatable bonds is 4. The van der Waals surface area contributed by atoms with Crippen LogP contribution in [-0.2, 0) is 6.54 Å². The van der Waals surface area contributed by atoms with Gasteiger partial charge in [-0.25, -0.2) is 15.0 Å². The van der Waals surface area contributed by atoms with E-state index in [1.807, 2.05) is 30.6 Å². The highest BCUT2D eigenvalue weighted by Gasteiger charge is 2.34. The molecule has 2 fully saturated rings. The van der Waals surface area contributed by atoms with Crippen molar-refractivity contribution in [3.05, 3.63) is 48.5 Å². The average Bonchev–Trinajstić information content (AvgIpc) is 3.08. The molecule has 0 radical (unpaired) electrons. The Balaban J connectivity index is 1.12. The zero-order valence-electron chi connectivity index (χ0n) is 14.8. The lowest BCUT2D eigenvalue weighted by atomic mass is 10.1. The summed E-state index contributed by atoms with van der Waals surface area (Å²) in [6.07, 6.45) is 3.63. The largest absolute Gasteiger partial charge is 0.341 e. The number of piperazine rings is 1. The van der Waals surface area contributed by atoms with E-state index in [0.717, 1.165) is 68.6 Å². The SMILES string of the molecule is c1cnc(N2CCN(C3CN(Cc4nc5ccccc5[nH]4)C3)CC2)nc1. The van der Waals surface area contributed by atoms with Crippen molar-refractivity contribution in [2.45, 2.75) is 12.6 Å². The molecular weight excluding hydrogens is 326 g/mol. The Bertz CT molecular complexity index is 831. The molecule has 134 valence electrons. The molecule has 0 amide bonds. The van der Waals surface area contributed by atoms with Crippen LogP contribution >= 0.6 is 0 Å². The van der Waals surface area contributed by atoms with Crippen LogP contribution in [0.3, 0.4) is 0 Å². The number of fused-ring (bicyclic) bond motifs is 1. The van der Waals surface area contributed by atoms with Gasteiger partial charge in [0, 0.05) is 57.7 Å². The van der Waals surface area contributed by atoms with E-state index in [0.29, 0.717) is 6.04 Å². The summed E-state index contributed by atoms with van der Waals surface area (Å²) in [4.78, 5) is 24.2. The molecule has 0 saturated carbocycles. The topological polar surface area (TPSA) is 64.2 Å². The summed E-state index contributed by atoms with van der Waals surface area (Å²) in [5.41, 5.74) is 2.18. The lowest BCUT2D eigenvalue weighted by molar-refractivity contribution is 0.0241. The number of imidazole rings is 1. The average molecular weight is 349 g/mol. The number of para-hydroxylation sites is 2. The second-order valence-corrected chi connectivity index (χ2v) is 7.12. The van der Waals surface area contributed by atoms with Crippen molar-refractivity contribution < 1.29 is 0 Å². The van der Waals surface area contributed by atoms with Gasteiger partial charge in [0.25, 0.3) is 0 Å². The first kappa shape index (κ1) is 15.7. The Morgan fingerprint density at radius 1 is 0.962 bits per heavy atom. The molecule has 1 N–H and O–H groups in total. The summed E-state index contributed by atoms with van der Waals surface area (Å²) in [6, 6.07) is 10.8. The number of hydrogen-bond acceptors (Lipinski definition) is 6. The summed E-state index contributed by atoms with van der Waals surface area (Å²) in [5, 5.41) is 0. The van der Waals surface area contributed by atoms with Gasteiger partial charge >= 0.3 is 0 Å². The van der Waals surface area contributed by atoms with Crippen molar-refractivity contribution >= 4 is 17.0 Å². The predicted octanol–water partition coefficient (Wildman–Crippen LogP) is 1.36. The number of likely N-dealkylation sites (tertiary alicyclic amines) is 1. The lowest BCUT2D eigenvalue weighted by Crippen LogP contribution is -2.62. The zero-order valence-corrected chi connectivity index (χ0v) is 14.8. The molecule has 5 rings (SSSR count). The highest BCUT2D eigenvalue weighted by atomic mass is 15.4. The predicted molar refractivity (Wildman–Crippen MR) is 101 cm³/mol. The quantitative estimate of drug-likeness (QED) is 0.767. The maximum Gasteiger partial charge on any atom is 0.225 e. The smallest absolute Gasteiger partial charge is 0.225 e. The molecule has 2 aromatic heterocycles. The maximum absolute atomic E-state index is 4.68. The van der Waals surface area contributed by atoms with Gasteiger partial charge in [-0.3, -0.25) is 9.80 Å². The van der Waals surface area contributed by atoms with Gasteiger partial charge in [-0.15, -0.1) is 0 Å². The third kappa shape index (κ3) is 3.04. The Morgan fingerprint density at radius 2 is 1.73 bits per heavy atom. The van der Waals surface area contributed by atoms with E-state index >= 15 is 0 Å². The van der Waals surface area contributed by atoms with Gasteiger partial charge in [0.2, 0.25) is 5.95 Å². The summed E-state index contributed by atoms with van der Waals surface area (Å²) in [5.74, 6) is 1.92. The van der Waals surface area contributed by atoms with E-state index in [9.17, 15) is 0 Å². The van der Waals surface area contributed by atoms with E-state index in [4.69, 9.17) is 0 Å². The lowest BCUT2D eigenvalue weighted by Gasteiger charge is -2.48. The normalized spacial score (nSPS) is 19.8. The van der Waals surface area contributed by atoms with Crippen LogP contribution < -0.4 is 4.90 Å². The van der Waals surface area contributed by atoms with E-state index in [2.05, 4.69) is 46.8 Å². The van der Waals surface area contributed by atoms with Gasteiger partial charge in [-0.1, -0.05) is 12.1 Å². The minimum atomic E-state index is 0.665. The number of anilines is 1. The number of H-pyrrole nitrogens is 1. The van der Waals surface area contributed by atoms with Crippen LogP contribution in [0.1, 0.15) is 5.82 Å². The second kappa shape index (κ2) is 6.66. The molecule has 2 aliphatic rings. The van der Waals surface area contributed by atoms with Crippen molar-refractivity contribution in [1.29, 1.82) is 0 Å². The molecule has 0 bridgehead atoms. The van der Waals surface area contributed by atoms with Crippen molar-refractivity contribution in [3.8, 4) is 0 Å². The number of aromatic nitrogens is 4. The minimum absolute atomic E-state index is 0.665. The molecule has 1 aromatic carbocycles. The van der Waals surface area contributed by atoms with E-state index in [1.165, 1.54) is 0 Å². The third-order valence-electron chi connectivity index (χ3n) is 5.42. The van der Waals surface area contributed by atoms with Crippen LogP contribution in [0.2, 0.25) is 0 Å². The first-order valence-electron chi connectivity index (χ1n) is 9.27. The van der Waals surface area contributed by atoms with Gasteiger partial charge in [0.15, 0.2) is 0 Å². The Morgan fingerprint density at radius 3 is 2.50 bits per heavy atom. The molecule has 2 aliphatic heterocycles. The van der Waals surface area contributed by atoms with E-state index in [1.54, 1.807) is 0 Å². The monoisotopic (exact) mass is 349 g/mol. The molecule has 7 nitrogen and oxygen atoms in total. The number of nitrogens with one attached hydrogen (secondary N) is 1. The van der Waals surface area contributed by atoms with Gasteiger partial charge in [0.05, 0.1) is 17.6 Å². The Kier molecular flexibility index (Phi) is 4.03. The van der Waals surface area contributed by atoms with Crippen molar-refractivity contribution in [1.82, 2.24) is 29.7 Å². The summed E-state index contributed by atoms with van der Waals surface area (Å²) < 4.78 is 0. The van der Waals surface area contributed by atoms with Gasteiger partial charge in [0.1, 0.15) is 5.82 Å². The Hall–Kier alpha value is -2.51. The van der Waals surface area contributed by atoms with Crippen LogP contribution in [0.5, 0.6) is 0 Å². The van der Waals surface area contributed by atoms with Crippen LogP contribution in [-0.4, -0.2) is 75.0 Å². The summed E-state index contributed by atoms with van der Waals surface area (Å²) in [6.45, 7) is 7.33. The van der Waals surface area contributed by atoms with Crippen LogP contribution in [0.15, 0.2) is 42.7 Å². The van der Waals surface area contributed by atoms with Crippen LogP contribution in [0.25, 0.3) is 11.0 Å². The Labute approximate surface area is 152 Å². The molecule has 2 saturated heterocycles. The highest BCUT2D eigenvalue weighted by Crippen LogP contribution is 2.21. The molecule has 0 unspecified atom stereocenters. The first-order chi connectivity index (χ1) is 12.8. The van der Waals surface area contributed by atoms with Crippen LogP contribution in [0.4, 0.5) is 5.95 Å². The fraction of sp³-hybridized carbons (Fsp3) is 0.421. The standard InChI is InChI=1S/C19H23N7/c1-2-5-17-16(4-1)22-18(23-17)14-24-12-15(13-24)25-8-10-26(11-9-25)19-20-6-3-7-21-19/h1-7,15H,8-14H2,(H,22,23). The van der Waals surface area contributed by atoms with Gasteiger partial charge in [-0.2, -0.15) is 0 Å². The fourth-order valence-electron chi connectivity index (χ4n) is 3.94. The van der Waals surface area contributed by atoms with E-state index < -0.39 is 0 Å². The summed E-state index contributed by atoms with van der Waals surface area (Å²) in [7, 11) is 0. The molecule has 7 heteroatoms. The number of nitrogens with zero attached hydrogens (tertiary/aromatic N) is 6. The molecular formula is C19H23N7. The van der Waals surface area contributed by atoms with Crippen LogP contribution in [0, 0.1) is 0 Å². The molecule has 4 heterocycles. The molecule has 0 aliphatic carbocycles. The summed E-state index contributed by atoms with van der Waals surface area (Å²) >= 11 is 0. The fourth-order valence-corrected chi connectivity index (χ4v) is 3.94. The van der Waals surface area contributed by atoms with Gasteiger partial charge < -0.3 is 9.88 Å². The number of hydrogen-bond donors (Lipinski definition) is 1. The van der Waals surface area contributed by atoms with Crippen molar-refractivity contribution in [3.63, 3.8) is 0 Å². The molecule has 3 aromatic rings. The van der Waals surface area contributed by atoms with E-state index in [-0.39, 0.29) is 0 Å². The molecule has 0 spiro atoms. The van der Waals surface area contributed by atoms with Gasteiger partial charge in [-0.05, 0) is 18.2 Å². The highest BCUT2D eigenvalue weighted by molar-refractivity contribution is 5.74. The molecule has 0 atom stereocenters. The maximum atomic E-state index is 4.68. The number of benzene rings is 1. The number of aromatic amines is 1. The minimum Gasteiger partial charge on any atom is -0.341 e. The van der Waals surface area contributed by atoms with Crippen molar-refractivity contribution in [2.24, 2.45) is 0 Å². The first-order valence-corrected chi connectivity index (χ1v) is 9.27.